The maximum Gasteiger partial charge on any atom is 0.161 e. The van der Waals surface area contributed by atoms with E-state index in [0.29, 0.717) is 5.92 Å². The number of benzene rings is 3. The van der Waals surface area contributed by atoms with Crippen LogP contribution in [0, 0.1) is 5.92 Å². The Morgan fingerprint density at radius 3 is 2.28 bits per heavy atom. The van der Waals surface area contributed by atoms with Crippen molar-refractivity contribution >= 4 is 10.9 Å². The molecule has 0 aliphatic carbocycles. The normalized spacial score (nSPS) is 16.2. The minimum atomic E-state index is 0.370. The maximum absolute atomic E-state index is 5.57. The SMILES string of the molecule is COc1ccc(-c2[nH]c3ccc(-c4ccc(CCC5CCN(C)C5)cc4)cc3c2C(C)C)cc1OC. The summed E-state index contributed by atoms with van der Waals surface area (Å²) in [4.78, 5) is 6.14. The van der Waals surface area contributed by atoms with E-state index in [9.17, 15) is 0 Å². The summed E-state index contributed by atoms with van der Waals surface area (Å²) >= 11 is 0. The molecular formula is C32H38N2O2. The molecule has 4 heteroatoms. The number of methoxy groups -OCH3 is 2. The summed E-state index contributed by atoms with van der Waals surface area (Å²) in [6.07, 6.45) is 3.80. The van der Waals surface area contributed by atoms with Gasteiger partial charge in [0.15, 0.2) is 11.5 Å². The van der Waals surface area contributed by atoms with Crippen molar-refractivity contribution in [1.82, 2.24) is 9.88 Å². The lowest BCUT2D eigenvalue weighted by atomic mass is 9.93. The fraction of sp³-hybridized carbons (Fsp3) is 0.375. The average molecular weight is 483 g/mol. The number of hydrogen-bond donors (Lipinski definition) is 1. The minimum absolute atomic E-state index is 0.370. The van der Waals surface area contributed by atoms with Crippen LogP contribution in [0.3, 0.4) is 0 Å². The van der Waals surface area contributed by atoms with E-state index in [2.05, 4.69) is 85.4 Å². The molecule has 0 radical (unpaired) electrons. The van der Waals surface area contributed by atoms with Crippen LogP contribution in [0.2, 0.25) is 0 Å². The maximum atomic E-state index is 5.57. The van der Waals surface area contributed by atoms with Crippen molar-refractivity contribution in [3.8, 4) is 33.9 Å². The van der Waals surface area contributed by atoms with Crippen LogP contribution in [0.4, 0.5) is 0 Å². The molecule has 0 amide bonds. The molecule has 1 aliphatic heterocycles. The first-order valence-corrected chi connectivity index (χ1v) is 13.1. The van der Waals surface area contributed by atoms with Gasteiger partial charge in [0, 0.05) is 23.0 Å². The van der Waals surface area contributed by atoms with Gasteiger partial charge in [-0.25, -0.2) is 0 Å². The van der Waals surface area contributed by atoms with Crippen LogP contribution in [0.1, 0.15) is 43.7 Å². The summed E-state index contributed by atoms with van der Waals surface area (Å²) in [6.45, 7) is 7.02. The van der Waals surface area contributed by atoms with Crippen molar-refractivity contribution in [3.63, 3.8) is 0 Å². The van der Waals surface area contributed by atoms with Crippen molar-refractivity contribution in [1.29, 1.82) is 0 Å². The van der Waals surface area contributed by atoms with Gasteiger partial charge in [0.05, 0.1) is 19.9 Å². The van der Waals surface area contributed by atoms with Gasteiger partial charge in [-0.05, 0) is 97.3 Å². The van der Waals surface area contributed by atoms with Gasteiger partial charge in [0.1, 0.15) is 0 Å². The molecule has 1 unspecified atom stereocenters. The highest BCUT2D eigenvalue weighted by Crippen LogP contribution is 2.40. The summed E-state index contributed by atoms with van der Waals surface area (Å²) in [6, 6.07) is 22.1. The van der Waals surface area contributed by atoms with E-state index in [-0.39, 0.29) is 0 Å². The molecule has 0 bridgehead atoms. The van der Waals surface area contributed by atoms with Gasteiger partial charge in [0.2, 0.25) is 0 Å². The van der Waals surface area contributed by atoms with Crippen LogP contribution in [-0.2, 0) is 6.42 Å². The Morgan fingerprint density at radius 2 is 1.61 bits per heavy atom. The van der Waals surface area contributed by atoms with Crippen molar-refractivity contribution in [2.75, 3.05) is 34.4 Å². The summed E-state index contributed by atoms with van der Waals surface area (Å²) in [5.41, 5.74) is 8.70. The third kappa shape index (κ3) is 4.87. The third-order valence-electron chi connectivity index (χ3n) is 7.71. The fourth-order valence-corrected chi connectivity index (χ4v) is 5.71. The minimum Gasteiger partial charge on any atom is -0.493 e. The molecule has 0 spiro atoms. The lowest BCUT2D eigenvalue weighted by Gasteiger charge is -2.12. The standard InChI is InChI=1S/C32H38N2O2/c1-21(2)31-27-18-25(24-10-8-22(9-11-24)6-7-23-16-17-34(3)20-23)12-14-28(27)33-32(31)26-13-15-29(35-4)30(19-26)36-5/h8-15,18-19,21,23,33H,6-7,16-17,20H2,1-5H3. The summed E-state index contributed by atoms with van der Waals surface area (Å²) in [7, 11) is 5.58. The molecule has 36 heavy (non-hydrogen) atoms. The van der Waals surface area contributed by atoms with Crippen molar-refractivity contribution in [3.05, 3.63) is 71.8 Å². The van der Waals surface area contributed by atoms with Crippen molar-refractivity contribution in [2.45, 2.75) is 39.0 Å². The van der Waals surface area contributed by atoms with Gasteiger partial charge in [0.25, 0.3) is 0 Å². The van der Waals surface area contributed by atoms with E-state index in [1.165, 1.54) is 60.0 Å². The van der Waals surface area contributed by atoms with Crippen LogP contribution in [0.5, 0.6) is 11.5 Å². The van der Waals surface area contributed by atoms with E-state index in [1.807, 2.05) is 6.07 Å². The first-order chi connectivity index (χ1) is 17.5. The van der Waals surface area contributed by atoms with Gasteiger partial charge in [-0.2, -0.15) is 0 Å². The largest absolute Gasteiger partial charge is 0.493 e. The molecule has 1 fully saturated rings. The Morgan fingerprint density at radius 1 is 0.889 bits per heavy atom. The first-order valence-electron chi connectivity index (χ1n) is 13.1. The molecule has 1 N–H and O–H groups in total. The van der Waals surface area contributed by atoms with Crippen molar-refractivity contribution < 1.29 is 9.47 Å². The van der Waals surface area contributed by atoms with Gasteiger partial charge < -0.3 is 19.4 Å². The predicted octanol–water partition coefficient (Wildman–Crippen LogP) is 7.53. The highest BCUT2D eigenvalue weighted by atomic mass is 16.5. The quantitative estimate of drug-likeness (QED) is 0.282. The predicted molar refractivity (Wildman–Crippen MR) is 150 cm³/mol. The van der Waals surface area contributed by atoms with Crippen LogP contribution in [0.25, 0.3) is 33.3 Å². The van der Waals surface area contributed by atoms with Gasteiger partial charge in [-0.1, -0.05) is 44.2 Å². The molecular weight excluding hydrogens is 444 g/mol. The molecule has 188 valence electrons. The van der Waals surface area contributed by atoms with Gasteiger partial charge >= 0.3 is 0 Å². The van der Waals surface area contributed by atoms with E-state index >= 15 is 0 Å². The fourth-order valence-electron chi connectivity index (χ4n) is 5.71. The molecule has 4 nitrogen and oxygen atoms in total. The number of aromatic nitrogens is 1. The van der Waals surface area contributed by atoms with Crippen LogP contribution >= 0.6 is 0 Å². The van der Waals surface area contributed by atoms with Gasteiger partial charge in [-0.3, -0.25) is 0 Å². The number of nitrogens with zero attached hydrogens (tertiary/aromatic N) is 1. The number of ether oxygens (including phenoxy) is 2. The molecule has 5 rings (SSSR count). The number of nitrogens with one attached hydrogen (secondary N) is 1. The molecule has 1 atom stereocenters. The first kappa shape index (κ1) is 24.5. The van der Waals surface area contributed by atoms with Crippen molar-refractivity contribution in [2.24, 2.45) is 5.92 Å². The zero-order valence-corrected chi connectivity index (χ0v) is 22.2. The lowest BCUT2D eigenvalue weighted by Crippen LogP contribution is -2.14. The van der Waals surface area contributed by atoms with Gasteiger partial charge in [-0.15, -0.1) is 0 Å². The molecule has 3 aromatic carbocycles. The molecule has 2 heterocycles. The Labute approximate surface area is 215 Å². The highest BCUT2D eigenvalue weighted by Gasteiger charge is 2.20. The van der Waals surface area contributed by atoms with E-state index in [1.54, 1.807) is 14.2 Å². The molecule has 0 saturated carbocycles. The van der Waals surface area contributed by atoms with E-state index < -0.39 is 0 Å². The number of aryl methyl sites for hydroxylation is 1. The topological polar surface area (TPSA) is 37.5 Å². The molecule has 1 saturated heterocycles. The zero-order valence-electron chi connectivity index (χ0n) is 22.2. The number of aromatic amines is 1. The Kier molecular flexibility index (Phi) is 7.06. The number of rotatable bonds is 8. The van der Waals surface area contributed by atoms with Crippen LogP contribution < -0.4 is 9.47 Å². The Balaban J connectivity index is 1.44. The Hall–Kier alpha value is -3.24. The monoisotopic (exact) mass is 482 g/mol. The number of H-pyrrole nitrogens is 1. The summed E-state index contributed by atoms with van der Waals surface area (Å²) in [5.74, 6) is 2.70. The average Bonchev–Trinajstić information content (AvgIpc) is 3.50. The molecule has 1 aliphatic rings. The number of hydrogen-bond acceptors (Lipinski definition) is 3. The number of fused-ring (bicyclic) bond motifs is 1. The van der Waals surface area contributed by atoms with Crippen LogP contribution in [0.15, 0.2) is 60.7 Å². The van der Waals surface area contributed by atoms with E-state index in [4.69, 9.17) is 9.47 Å². The highest BCUT2D eigenvalue weighted by molar-refractivity contribution is 5.94. The molecule has 1 aromatic heterocycles. The zero-order chi connectivity index (χ0) is 25.2. The summed E-state index contributed by atoms with van der Waals surface area (Å²) < 4.78 is 11.0. The smallest absolute Gasteiger partial charge is 0.161 e. The Bertz CT molecular complexity index is 1340. The van der Waals surface area contributed by atoms with E-state index in [0.717, 1.165) is 34.2 Å². The second kappa shape index (κ2) is 10.4. The second-order valence-corrected chi connectivity index (χ2v) is 10.6. The third-order valence-corrected chi connectivity index (χ3v) is 7.71. The second-order valence-electron chi connectivity index (χ2n) is 10.6. The lowest BCUT2D eigenvalue weighted by molar-refractivity contribution is 0.355. The summed E-state index contributed by atoms with van der Waals surface area (Å²) in [5, 5.41) is 1.28. The van der Waals surface area contributed by atoms with Crippen LogP contribution in [-0.4, -0.2) is 44.2 Å². The molecule has 4 aromatic rings. The number of likely N-dealkylation sites (tertiary alicyclic amines) is 1.